The van der Waals surface area contributed by atoms with Gasteiger partial charge in [-0.25, -0.2) is 9.46 Å². The molecule has 0 radical (unpaired) electrons. The molecule has 1 fully saturated rings. The Morgan fingerprint density at radius 1 is 1.23 bits per heavy atom. The zero-order valence-corrected chi connectivity index (χ0v) is 28.6. The second-order valence-electron chi connectivity index (χ2n) is 11.7. The number of aromatic nitrogens is 2. The van der Waals surface area contributed by atoms with Crippen molar-refractivity contribution in [2.24, 2.45) is 0 Å². The third-order valence-corrected chi connectivity index (χ3v) is 9.43. The highest BCUT2D eigenvalue weighted by molar-refractivity contribution is 7.44. The zero-order valence-electron chi connectivity index (χ0n) is 29.7. The van der Waals surface area contributed by atoms with Gasteiger partial charge >= 0.3 is 17.8 Å². The van der Waals surface area contributed by atoms with Gasteiger partial charge in [0.25, 0.3) is 14.1 Å². The van der Waals surface area contributed by atoms with Crippen molar-refractivity contribution in [2.45, 2.75) is 116 Å². The largest absolute Gasteiger partial charge is 0.471 e. The van der Waals surface area contributed by atoms with Gasteiger partial charge in [-0.05, 0) is 47.0 Å². The molecule has 1 aliphatic rings. The van der Waals surface area contributed by atoms with E-state index in [2.05, 4.69) is 10.3 Å². The smallest absolute Gasteiger partial charge is 0.382 e. The Morgan fingerprint density at radius 2 is 1.90 bits per heavy atom. The van der Waals surface area contributed by atoms with Crippen LogP contribution in [0.15, 0.2) is 15.8 Å². The van der Waals surface area contributed by atoms with Crippen LogP contribution >= 0.6 is 8.53 Å². The number of amides is 2. The molecule has 1 aliphatic heterocycles. The number of hydrogen-bond acceptors (Lipinski definition) is 10. The molecule has 18 heteroatoms. The molecule has 2 heterocycles. The molecule has 1 saturated heterocycles. The summed E-state index contributed by atoms with van der Waals surface area (Å²) >= 11 is 0. The number of nitrogens with one attached hydrogen (secondary N) is 3. The van der Waals surface area contributed by atoms with E-state index in [-0.39, 0.29) is 69.0 Å². The molecule has 0 spiro atoms. The predicted octanol–water partition coefficient (Wildman–Crippen LogP) is 3.42. The average Bonchev–Trinajstić information content (AvgIpc) is 3.41. The number of carbonyl (C=O) groups excluding carboxylic acids is 2. The third kappa shape index (κ3) is 13.6. The number of ether oxygens (including phenoxy) is 2. The van der Waals surface area contributed by atoms with Gasteiger partial charge in [0, 0.05) is 56.8 Å². The highest BCUT2D eigenvalue weighted by Gasteiger charge is 2.42. The molecule has 0 saturated carbocycles. The van der Waals surface area contributed by atoms with Crippen LogP contribution < -0.4 is 21.9 Å². The number of nitrogens with zero attached hydrogens (tertiary/aromatic N) is 3. The normalized spacial score (nSPS) is 20.0. The number of halogens is 3. The van der Waals surface area contributed by atoms with Gasteiger partial charge < -0.3 is 29.2 Å². The van der Waals surface area contributed by atoms with E-state index in [1.807, 2.05) is 38.4 Å². The van der Waals surface area contributed by atoms with E-state index in [9.17, 15) is 32.3 Å². The van der Waals surface area contributed by atoms with Crippen molar-refractivity contribution < 1.29 is 44.0 Å². The minimum atomic E-state index is -4.91. The summed E-state index contributed by atoms with van der Waals surface area (Å²) < 4.78 is 78.5. The van der Waals surface area contributed by atoms with Crippen LogP contribution in [-0.4, -0.2) is 89.9 Å². The van der Waals surface area contributed by atoms with E-state index >= 15 is 0 Å². The lowest BCUT2D eigenvalue weighted by molar-refractivity contribution is -0.173. The van der Waals surface area contributed by atoms with E-state index in [0.29, 0.717) is 32.2 Å². The second kappa shape index (κ2) is 20.6. The quantitative estimate of drug-likeness (QED) is 0.127. The molecule has 272 valence electrons. The van der Waals surface area contributed by atoms with Crippen molar-refractivity contribution in [2.75, 3.05) is 33.4 Å². The number of H-pyrrole nitrogens is 1. The first-order chi connectivity index (χ1) is 23.5. The number of carbonyl (C=O) groups is 2. The maximum absolute atomic E-state index is 12.9. The fraction of sp³-hybridized carbons (Fsp3) is 0.767. The molecule has 5 unspecified atom stereocenters. The highest BCUT2D eigenvalue weighted by atomic mass is 31.2. The summed E-state index contributed by atoms with van der Waals surface area (Å²) in [5.41, 5.74) is -1.25. The van der Waals surface area contributed by atoms with Gasteiger partial charge in [0.1, 0.15) is 12.3 Å². The van der Waals surface area contributed by atoms with E-state index < -0.39 is 57.4 Å². The van der Waals surface area contributed by atoms with Crippen LogP contribution in [0.2, 0.25) is 0 Å². The van der Waals surface area contributed by atoms with Gasteiger partial charge in [0.05, 0.1) is 34.5 Å². The Morgan fingerprint density at radius 3 is 2.50 bits per heavy atom. The van der Waals surface area contributed by atoms with Gasteiger partial charge in [-0.2, -0.15) is 18.4 Å². The summed E-state index contributed by atoms with van der Waals surface area (Å²) in [6, 6.07) is 2.07. The first-order valence-corrected chi connectivity index (χ1v) is 17.0. The summed E-state index contributed by atoms with van der Waals surface area (Å²) in [6.07, 6.45) is -3.70. The maximum Gasteiger partial charge on any atom is 0.471 e. The molecule has 48 heavy (non-hydrogen) atoms. The van der Waals surface area contributed by atoms with Gasteiger partial charge in [0.15, 0.2) is 0 Å². The van der Waals surface area contributed by atoms with Crippen LogP contribution in [0.25, 0.3) is 0 Å². The summed E-state index contributed by atoms with van der Waals surface area (Å²) in [5.74, 6) is -2.31. The molecule has 1 aromatic rings. The zero-order chi connectivity index (χ0) is 37.4. The van der Waals surface area contributed by atoms with E-state index in [0.717, 1.165) is 0 Å². The molecule has 2 rings (SSSR count). The lowest BCUT2D eigenvalue weighted by atomic mass is 10.1. The Hall–Kier alpha value is -2.87. The molecule has 14 nitrogen and oxygen atoms in total. The Kier molecular flexibility index (Phi) is 16.3. The number of hydrogen-bond donors (Lipinski definition) is 3. The van der Waals surface area contributed by atoms with Crippen molar-refractivity contribution >= 4 is 20.3 Å². The fourth-order valence-electron chi connectivity index (χ4n) is 5.03. The molecule has 0 aliphatic carbocycles. The summed E-state index contributed by atoms with van der Waals surface area (Å²) in [4.78, 5) is 51.0. The van der Waals surface area contributed by atoms with E-state index in [4.69, 9.17) is 26.5 Å². The van der Waals surface area contributed by atoms with Crippen LogP contribution in [0.3, 0.4) is 0 Å². The first-order valence-electron chi connectivity index (χ1n) is 17.0. The molecular weight excluding hydrogens is 660 g/mol. The Bertz CT molecular complexity index is 1370. The molecular formula is C30H48F3N6O8P. The van der Waals surface area contributed by atoms with Crippen molar-refractivity contribution in [1.82, 2.24) is 24.9 Å². The average molecular weight is 712 g/mol. The molecule has 2 amide bonds. The van der Waals surface area contributed by atoms with Gasteiger partial charge in [0.2, 0.25) is 5.91 Å². The number of alkyl halides is 3. The Labute approximate surface area is 282 Å². The van der Waals surface area contributed by atoms with Gasteiger partial charge in [-0.3, -0.25) is 23.9 Å². The number of aryl methyl sites for hydroxylation is 1. The lowest BCUT2D eigenvalue weighted by Gasteiger charge is -2.37. The van der Waals surface area contributed by atoms with Crippen molar-refractivity contribution in [3.63, 3.8) is 0 Å². The molecule has 1 aromatic heterocycles. The predicted molar refractivity (Wildman–Crippen MR) is 171 cm³/mol. The first kappa shape index (κ1) is 37.9. The van der Waals surface area contributed by atoms with Crippen LogP contribution in [0, 0.1) is 11.3 Å². The third-order valence-electron chi connectivity index (χ3n) is 7.27. The minimum absolute atomic E-state index is 0.00861. The Balaban J connectivity index is 2.03. The van der Waals surface area contributed by atoms with Crippen molar-refractivity contribution in [3.8, 4) is 6.07 Å². The maximum atomic E-state index is 12.9. The van der Waals surface area contributed by atoms with Crippen LogP contribution in [-0.2, 0) is 34.5 Å². The molecule has 5 atom stereocenters. The summed E-state index contributed by atoms with van der Waals surface area (Å²) in [5, 5.41) is 13.6. The van der Waals surface area contributed by atoms with Crippen LogP contribution in [0.5, 0.6) is 0 Å². The second-order valence-corrected chi connectivity index (χ2v) is 13.1. The standard InChI is InChI=1S/C30H48F3N6O8P/c1-20(2)39(21(3)4)48(45-16-10-13-34)47-23-17-26(46-24(23)19-44-5)38-18-22(27(41)37-29(38)43)11-12-25(40)35-14-8-6-7-9-15-36-28(42)30(31,32)33/h18,20-21,23-24,26H,6-12,14-17,19H2,1-5H3,(H,35,40)(H,36,42)(H,37,41,43)/i5TD. The number of nitriles is 1. The number of unbranched alkanes of at least 4 members (excludes halogenated alkanes) is 3. The molecule has 0 bridgehead atoms. The SMILES string of the molecule is [2H]C([3H])OCC1OC(n2cc(CCC(=O)NCCCCCCNC(=O)C(F)(F)F)c(=O)[nH]c2=O)CC1OP(OCCC#N)N(C(C)C)C(C)C. The van der Waals surface area contributed by atoms with Crippen molar-refractivity contribution in [1.29, 1.82) is 5.26 Å². The molecule has 3 N–H and O–H groups in total. The topological polar surface area (TPSA) is 177 Å². The lowest BCUT2D eigenvalue weighted by Crippen LogP contribution is -2.37. The van der Waals surface area contributed by atoms with Crippen LogP contribution in [0.1, 0.15) is 87.2 Å². The van der Waals surface area contributed by atoms with Crippen molar-refractivity contribution in [3.05, 3.63) is 32.6 Å². The number of methoxy groups -OCH3 is 1. The highest BCUT2D eigenvalue weighted by Crippen LogP contribution is 2.49. The monoisotopic (exact) mass is 711 g/mol. The summed E-state index contributed by atoms with van der Waals surface area (Å²) in [6.45, 7) is 8.07. The van der Waals surface area contributed by atoms with E-state index in [1.54, 1.807) is 5.32 Å². The van der Waals surface area contributed by atoms with E-state index in [1.165, 1.54) is 10.8 Å². The van der Waals surface area contributed by atoms with Crippen LogP contribution in [0.4, 0.5) is 13.2 Å². The van der Waals surface area contributed by atoms with Gasteiger partial charge in [-0.15, -0.1) is 0 Å². The fourth-order valence-corrected chi connectivity index (χ4v) is 6.78. The number of aromatic amines is 1. The summed E-state index contributed by atoms with van der Waals surface area (Å²) in [7, 11) is -3.30. The minimum Gasteiger partial charge on any atom is -0.382 e. The van der Waals surface area contributed by atoms with Gasteiger partial charge in [-0.1, -0.05) is 12.8 Å². The molecule has 0 aromatic carbocycles. The number of rotatable bonds is 21.